The fraction of sp³-hybridized carbons (Fsp3) is 0.531. The summed E-state index contributed by atoms with van der Waals surface area (Å²) in [5.41, 5.74) is 11.5. The zero-order valence-electron chi connectivity index (χ0n) is 85.1. The number of oxazole rings is 4. The first-order valence-electron chi connectivity index (χ1n) is 48.2. The van der Waals surface area contributed by atoms with E-state index >= 15 is 0 Å². The molecule has 12 heterocycles. The number of fused-ring (bicyclic) bond motifs is 2. The molecule has 2 aliphatic heterocycles. The molecule has 9 N–H and O–H groups in total. The molecule has 0 saturated carbocycles. The number of Topliss-reactive ketones (excluding diaryl/α,β-unsaturated/α-hetero) is 3. The highest BCUT2D eigenvalue weighted by Crippen LogP contribution is 2.39. The number of hydrogen-bond donors (Lipinski definition) is 8. The molecule has 0 radical (unpaired) electrons. The van der Waals surface area contributed by atoms with Crippen molar-refractivity contribution >= 4 is 137 Å². The van der Waals surface area contributed by atoms with Gasteiger partial charge in [-0.3, -0.25) is 58.2 Å². The number of hydrogen-bond acceptors (Lipinski definition) is 32. The third-order valence-corrected chi connectivity index (χ3v) is 27.7. The molecule has 782 valence electrons. The van der Waals surface area contributed by atoms with Crippen molar-refractivity contribution in [2.75, 3.05) is 81.7 Å². The number of carboxylic acid groups (broad SMARTS) is 1. The number of carbonyl (C=O) groups is 6. The van der Waals surface area contributed by atoms with Crippen LogP contribution >= 0.6 is 47.8 Å². The van der Waals surface area contributed by atoms with Crippen LogP contribution in [0.15, 0.2) is 167 Å². The van der Waals surface area contributed by atoms with E-state index in [1.54, 1.807) is 81.0 Å². The smallest absolute Gasteiger partial charge is 0.480 e. The van der Waals surface area contributed by atoms with Crippen LogP contribution in [0.1, 0.15) is 262 Å². The van der Waals surface area contributed by atoms with E-state index in [0.29, 0.717) is 70.3 Å². The van der Waals surface area contributed by atoms with E-state index in [0.717, 1.165) is 179 Å². The molecule has 0 bridgehead atoms. The number of ketones is 3. The average molecular weight is 2220 g/mol. The van der Waals surface area contributed by atoms with Gasteiger partial charge in [-0.25, -0.2) is 48.8 Å². The fourth-order valence-electron chi connectivity index (χ4n) is 14.7. The average Bonchev–Trinajstić information content (AvgIpc) is 1.62. The number of aromatic nitrogens is 16. The van der Waals surface area contributed by atoms with E-state index in [1.807, 2.05) is 127 Å². The van der Waals surface area contributed by atoms with E-state index in [2.05, 4.69) is 158 Å². The van der Waals surface area contributed by atoms with Crippen molar-refractivity contribution in [3.8, 4) is 11.3 Å². The standard InChI is InChI=1S/C25H43BrN4O5SSi.C25H29N7O3.C17H24BrN5O3.C14H17BN2O2.C13H17BrN4O2.C4H9NO2/c1-24(2,3)36(31)29-20(22-28-18-21(26)30(22)19-32-16-17-37(4,5)6)10-8-7-9-11-25(34-14-15-35-25)23-27-12-13-33-23;1-32(2)16-23(34)30-19(6-4-3-5-7-22(33)25-28-12-13-35-25)24-29-15-21(31-24)17-8-9-18-20(14-17)27-11-10-26-18;1-23(2)11-15(25)21-12(16-20-10-14(18)22-16)6-4-3-5-7-13(24)17-19-8-9-26-17;1-13(2)14(3,4)19-15(18-13)10-5-6-11-12(9-10)17-8-7-16-11;14-11-8-17-12(18-11)9(15)4-2-1-3-5-10(19)13-16-6-7-20-13;1-5(2)3-4(6)7/h12-13,18,20,29H,7-11,14-17,19H2,1-6H3;8-15,19H,3-7,16H2,1-2H3,(H,29,31)(H,30,34);8-10,12H,3-7,11H2,1-2H3,(H,20,22)(H,21,25);5-9H,1-4H3;6-9H,1-5,15H2,(H,17,18);3H2,1-2H3,(H,6,7)/t20-,36+;19-;12-;;9-;/m000.0./s1. The number of likely N-dealkylation sites (N-methyl/N-ethyl adjacent to an activating group) is 3. The maximum Gasteiger partial charge on any atom is 0.494 e. The van der Waals surface area contributed by atoms with E-state index in [4.69, 9.17) is 52.0 Å². The number of H-pyrrole nitrogens is 3. The van der Waals surface area contributed by atoms with Crippen LogP contribution in [0, 0.1) is 0 Å². The molecule has 144 heavy (non-hydrogen) atoms. The van der Waals surface area contributed by atoms with Crippen LogP contribution in [-0.4, -0.2) is 251 Å². The summed E-state index contributed by atoms with van der Waals surface area (Å²) in [5.74, 6) is 2.01. The molecule has 2 fully saturated rings. The summed E-state index contributed by atoms with van der Waals surface area (Å²) in [7, 11) is 8.08. The van der Waals surface area contributed by atoms with Gasteiger partial charge < -0.3 is 87.4 Å². The second-order valence-corrected chi connectivity index (χ2v) is 48.9. The molecule has 46 heteroatoms. The maximum absolute atomic E-state index is 13.0. The van der Waals surface area contributed by atoms with Crippen LogP contribution in [0.25, 0.3) is 33.3 Å². The number of carbonyl (C=O) groups excluding carboxylic acids is 5. The highest BCUT2D eigenvalue weighted by Gasteiger charge is 2.52. The summed E-state index contributed by atoms with van der Waals surface area (Å²) in [6, 6.07) is 12.2. The van der Waals surface area contributed by atoms with Gasteiger partial charge in [-0.2, -0.15) is 0 Å². The van der Waals surface area contributed by atoms with Crippen molar-refractivity contribution in [2.45, 2.75) is 255 Å². The minimum atomic E-state index is -1.24. The van der Waals surface area contributed by atoms with Gasteiger partial charge in [0.05, 0.1) is 161 Å². The largest absolute Gasteiger partial charge is 0.494 e. The van der Waals surface area contributed by atoms with Crippen LogP contribution in [0.3, 0.4) is 0 Å². The number of benzene rings is 2. The van der Waals surface area contributed by atoms with E-state index in [9.17, 15) is 33.0 Å². The van der Waals surface area contributed by atoms with Gasteiger partial charge >= 0.3 is 13.1 Å². The first-order chi connectivity index (χ1) is 68.5. The number of imidazole rings is 4. The number of aromatic amines is 3. The topological polar surface area (TPSA) is 517 Å². The van der Waals surface area contributed by atoms with E-state index in [-0.39, 0.29) is 107 Å². The van der Waals surface area contributed by atoms with Gasteiger partial charge in [0.15, 0.2) is 0 Å². The van der Waals surface area contributed by atoms with Gasteiger partial charge in [0.25, 0.3) is 23.6 Å². The van der Waals surface area contributed by atoms with E-state index in [1.165, 1.54) is 37.4 Å². The van der Waals surface area contributed by atoms with Crippen molar-refractivity contribution in [2.24, 2.45) is 5.73 Å². The molecule has 0 unspecified atom stereocenters. The number of nitrogens with one attached hydrogen (secondary N) is 6. The second kappa shape index (κ2) is 58.3. The number of ether oxygens (including phenoxy) is 3. The zero-order chi connectivity index (χ0) is 105. The molecular formula is C98H139BBr3N23O17SSi. The van der Waals surface area contributed by atoms with Crippen molar-refractivity contribution < 1.29 is 79.3 Å². The lowest BCUT2D eigenvalue weighted by atomic mass is 9.79. The summed E-state index contributed by atoms with van der Waals surface area (Å²) in [5, 5.41) is 14.1. The van der Waals surface area contributed by atoms with Crippen LogP contribution in [-0.2, 0) is 61.4 Å². The minimum Gasteiger partial charge on any atom is -0.480 e. The fourth-order valence-corrected chi connectivity index (χ4v) is 17.3. The highest BCUT2D eigenvalue weighted by atomic mass is 79.9. The number of amides is 2. The number of nitrogens with two attached hydrogens (primary N) is 1. The number of unbranched alkanes of at least 4 members (excludes halogenated alkanes) is 8. The number of halogens is 3. The summed E-state index contributed by atoms with van der Waals surface area (Å²) in [4.78, 5) is 135. The Bertz CT molecular complexity index is 5870. The summed E-state index contributed by atoms with van der Waals surface area (Å²) in [6.45, 7) is 24.1. The number of nitrogens with zero attached hydrogens (tertiary/aromatic N) is 16. The van der Waals surface area contributed by atoms with Crippen LogP contribution in [0.4, 0.5) is 0 Å². The van der Waals surface area contributed by atoms with Crippen molar-refractivity contribution in [1.82, 2.24) is 109 Å². The Hall–Kier alpha value is -10.3. The third-order valence-electron chi connectivity index (χ3n) is 23.0. The van der Waals surface area contributed by atoms with Gasteiger partial charge in [-0.1, -0.05) is 83.1 Å². The molecule has 2 aromatic carbocycles. The van der Waals surface area contributed by atoms with Gasteiger partial charge in [-0.15, -0.1) is 0 Å². The van der Waals surface area contributed by atoms with Gasteiger partial charge in [-0.05, 0) is 226 Å². The molecule has 14 rings (SSSR count). The van der Waals surface area contributed by atoms with Gasteiger partial charge in [0.1, 0.15) is 68.9 Å². The SMILES string of the molecule is CC(C)(C)[S@@](=O)N[C@@H](CCCCCC1(c2ncco2)OCCO1)c1ncc(Br)n1COCC[Si](C)(C)C.CC1(C)OB(c2ccc3nccnc3c2)OC1(C)C.CN(C)CC(=O)N[C@@H](CCCCCC(=O)c1ncco1)c1ncc(-c2ccc3nccnc3c2)[nH]1.CN(C)CC(=O)N[C@@H](CCCCCC(=O)c1ncco1)c1ncc(Br)[nH]1.CN(C)CC(=O)O.N[C@@H](CCCCCC(=O)c1ncco1)c1ncc(Br)[nH]1. The molecule has 10 aromatic heterocycles. The maximum atomic E-state index is 13.0. The quantitative estimate of drug-likeness (QED) is 0.00997. The first-order valence-corrected chi connectivity index (χ1v) is 55.4. The Kier molecular flexibility index (Phi) is 47.5. The van der Waals surface area contributed by atoms with Crippen LogP contribution in [0.5, 0.6) is 0 Å². The molecule has 0 aliphatic carbocycles. The lowest BCUT2D eigenvalue weighted by molar-refractivity contribution is -0.187. The first kappa shape index (κ1) is 117. The Morgan fingerprint density at radius 3 is 1.44 bits per heavy atom. The molecule has 5 atom stereocenters. The van der Waals surface area contributed by atoms with Crippen molar-refractivity contribution in [3.05, 3.63) is 196 Å². The summed E-state index contributed by atoms with van der Waals surface area (Å²) < 4.78 is 70.9. The van der Waals surface area contributed by atoms with Crippen LogP contribution < -0.4 is 26.6 Å². The Morgan fingerprint density at radius 1 is 0.535 bits per heavy atom. The predicted molar refractivity (Wildman–Crippen MR) is 560 cm³/mol. The highest BCUT2D eigenvalue weighted by molar-refractivity contribution is 9.11. The molecule has 12 aromatic rings. The Morgan fingerprint density at radius 2 is 0.986 bits per heavy atom. The lowest BCUT2D eigenvalue weighted by Crippen LogP contribution is -2.41. The second-order valence-electron chi connectivity index (χ2n) is 38.8. The predicted octanol–water partition coefficient (Wildman–Crippen LogP) is 16.7. The Balaban J connectivity index is 0.000000201. The van der Waals surface area contributed by atoms with Crippen molar-refractivity contribution in [1.29, 1.82) is 0 Å². The summed E-state index contributed by atoms with van der Waals surface area (Å²) >= 11 is 10.3. The van der Waals surface area contributed by atoms with E-state index < -0.39 is 30.8 Å². The Labute approximate surface area is 869 Å². The number of rotatable bonds is 49. The van der Waals surface area contributed by atoms with Crippen LogP contribution in [0.2, 0.25) is 25.7 Å². The van der Waals surface area contributed by atoms with Gasteiger partial charge in [0.2, 0.25) is 35.0 Å². The molecule has 40 nitrogen and oxygen atoms in total. The molecule has 2 saturated heterocycles. The lowest BCUT2D eigenvalue weighted by Gasteiger charge is -2.32. The molecule has 2 aliphatic rings. The third kappa shape index (κ3) is 39.5. The zero-order valence-corrected chi connectivity index (χ0v) is 91.7. The normalized spacial score (nSPS) is 14.7. The molecule has 0 spiro atoms. The number of carboxylic acids is 1. The van der Waals surface area contributed by atoms with Crippen molar-refractivity contribution in [3.63, 3.8) is 0 Å². The number of aliphatic carboxylic acids is 1. The van der Waals surface area contributed by atoms with Gasteiger partial charge in [0, 0.05) is 70.7 Å². The molecular weight excluding hydrogens is 2080 g/mol. The summed E-state index contributed by atoms with van der Waals surface area (Å²) in [6.07, 6.45) is 40.8. The minimum absolute atomic E-state index is 0.0470. The monoisotopic (exact) mass is 2220 g/mol. The molecule has 2 amide bonds.